The van der Waals surface area contributed by atoms with E-state index < -0.39 is 51.4 Å². The van der Waals surface area contributed by atoms with Gasteiger partial charge < -0.3 is 15.1 Å². The van der Waals surface area contributed by atoms with Crippen molar-refractivity contribution >= 4 is 12.1 Å². The average Bonchev–Trinajstić information content (AvgIpc) is 2.54. The number of piperidine rings is 1. The maximum Gasteiger partial charge on any atom is 0.407 e. The first kappa shape index (κ1) is 24.0. The van der Waals surface area contributed by atoms with E-state index in [4.69, 9.17) is 0 Å². The number of nitrogens with zero attached hydrogens (tertiary/aromatic N) is 2. The summed E-state index contributed by atoms with van der Waals surface area (Å²) in [6.07, 6.45) is -0.502. The highest BCUT2D eigenvalue weighted by Gasteiger charge is 2.66. The Bertz CT molecular complexity index is 847. The minimum atomic E-state index is -1.49. The number of amides is 1. The van der Waals surface area contributed by atoms with Gasteiger partial charge in [-0.05, 0) is 24.2 Å². The number of carboxylic acids is 1. The van der Waals surface area contributed by atoms with Crippen molar-refractivity contribution in [1.82, 2.24) is 9.88 Å². The summed E-state index contributed by atoms with van der Waals surface area (Å²) in [6.45, 7) is 13.0. The molecule has 2 N–H and O–H groups in total. The molecule has 0 aromatic carbocycles. The van der Waals surface area contributed by atoms with Gasteiger partial charge in [-0.25, -0.2) is 13.6 Å². The van der Waals surface area contributed by atoms with E-state index in [1.54, 1.807) is 6.92 Å². The number of hydrogen-bond donors (Lipinski definition) is 2. The maximum absolute atomic E-state index is 14.5. The zero-order chi connectivity index (χ0) is 23.3. The molecule has 0 radical (unpaired) electrons. The van der Waals surface area contributed by atoms with Gasteiger partial charge in [0.1, 0.15) is 11.6 Å². The molecule has 0 aliphatic carbocycles. The molecule has 6 nitrogen and oxygen atoms in total. The SMILES string of the molecule is CC(C)(C)C1[C@@](Cc2ncc(F)cc2F)(C(=O)O)CCN(C(=O)O)[C@@]1(C)C(C)(C)C. The van der Waals surface area contributed by atoms with Crippen molar-refractivity contribution in [3.05, 3.63) is 29.6 Å². The van der Waals surface area contributed by atoms with Crippen LogP contribution in [0.3, 0.4) is 0 Å². The third-order valence-corrected chi connectivity index (χ3v) is 6.87. The number of rotatable bonds is 3. The van der Waals surface area contributed by atoms with Crippen LogP contribution in [0, 0.1) is 33.8 Å². The van der Waals surface area contributed by atoms with Crippen LogP contribution in [0.4, 0.5) is 13.6 Å². The Labute approximate surface area is 176 Å². The Balaban J connectivity index is 2.81. The molecule has 8 heteroatoms. The second kappa shape index (κ2) is 7.46. The van der Waals surface area contributed by atoms with Gasteiger partial charge in [0.05, 0.1) is 22.8 Å². The predicted octanol–water partition coefficient (Wildman–Crippen LogP) is 4.82. The summed E-state index contributed by atoms with van der Waals surface area (Å²) in [6, 6.07) is 0.694. The van der Waals surface area contributed by atoms with Crippen LogP contribution in [0.2, 0.25) is 0 Å². The van der Waals surface area contributed by atoms with Crippen LogP contribution in [-0.4, -0.2) is 44.2 Å². The third-order valence-electron chi connectivity index (χ3n) is 6.87. The number of aliphatic carboxylic acids is 1. The second-order valence-electron chi connectivity index (χ2n) is 10.6. The molecular formula is C22H32F2N2O4. The van der Waals surface area contributed by atoms with E-state index in [1.165, 1.54) is 4.90 Å². The number of likely N-dealkylation sites (tertiary alicyclic amines) is 1. The number of carboxylic acid groups (broad SMARTS) is 2. The van der Waals surface area contributed by atoms with Crippen molar-refractivity contribution in [2.75, 3.05) is 6.54 Å². The molecule has 1 aromatic heterocycles. The Morgan fingerprint density at radius 2 is 1.77 bits per heavy atom. The fourth-order valence-corrected chi connectivity index (χ4v) is 5.55. The van der Waals surface area contributed by atoms with E-state index in [0.29, 0.717) is 6.07 Å². The number of pyridine rings is 1. The molecule has 1 aromatic rings. The number of carbonyl (C=O) groups is 2. The fraction of sp³-hybridized carbons (Fsp3) is 0.682. The highest BCUT2D eigenvalue weighted by atomic mass is 19.1. The summed E-state index contributed by atoms with van der Waals surface area (Å²) < 4.78 is 27.9. The first-order valence-electron chi connectivity index (χ1n) is 10.0. The second-order valence-corrected chi connectivity index (χ2v) is 10.6. The number of hydrogen-bond acceptors (Lipinski definition) is 3. The highest BCUT2D eigenvalue weighted by Crippen LogP contribution is 2.60. The summed E-state index contributed by atoms with van der Waals surface area (Å²) >= 11 is 0. The predicted molar refractivity (Wildman–Crippen MR) is 108 cm³/mol. The van der Waals surface area contributed by atoms with Crippen molar-refractivity contribution in [3.63, 3.8) is 0 Å². The van der Waals surface area contributed by atoms with Crippen molar-refractivity contribution in [1.29, 1.82) is 0 Å². The van der Waals surface area contributed by atoms with Crippen molar-refractivity contribution < 1.29 is 28.6 Å². The van der Waals surface area contributed by atoms with E-state index in [2.05, 4.69) is 4.98 Å². The molecule has 1 fully saturated rings. The molecule has 3 atom stereocenters. The Morgan fingerprint density at radius 3 is 2.17 bits per heavy atom. The first-order valence-corrected chi connectivity index (χ1v) is 10.0. The lowest BCUT2D eigenvalue weighted by Crippen LogP contribution is -2.72. The zero-order valence-electron chi connectivity index (χ0n) is 18.7. The summed E-state index contributed by atoms with van der Waals surface area (Å²) in [4.78, 5) is 30.2. The summed E-state index contributed by atoms with van der Waals surface area (Å²) in [7, 11) is 0. The van der Waals surface area contributed by atoms with E-state index in [9.17, 15) is 28.6 Å². The van der Waals surface area contributed by atoms with Crippen LogP contribution in [-0.2, 0) is 11.2 Å². The molecule has 1 amide bonds. The molecule has 1 aliphatic rings. The van der Waals surface area contributed by atoms with Gasteiger partial charge in [0.2, 0.25) is 0 Å². The standard InChI is InChI=1S/C22H32F2N2O4/c1-19(2,3)16-21(7,20(4,5)6)26(18(29)30)9-8-22(16,17(27)28)11-15-14(24)10-13(23)12-25-15/h10,12,16H,8-9,11H2,1-7H3,(H,27,28)(H,29,30)/t16?,21-,22-/m1/s1. The van der Waals surface area contributed by atoms with Gasteiger partial charge in [-0.3, -0.25) is 9.78 Å². The molecule has 0 saturated carbocycles. The minimum absolute atomic E-state index is 0.000731. The minimum Gasteiger partial charge on any atom is -0.481 e. The quantitative estimate of drug-likeness (QED) is 0.723. The molecule has 1 unspecified atom stereocenters. The Kier molecular flexibility index (Phi) is 5.98. The van der Waals surface area contributed by atoms with Gasteiger partial charge in [-0.1, -0.05) is 41.5 Å². The van der Waals surface area contributed by atoms with Gasteiger partial charge in [-0.15, -0.1) is 0 Å². The maximum atomic E-state index is 14.5. The van der Waals surface area contributed by atoms with E-state index in [1.807, 2.05) is 41.5 Å². The summed E-state index contributed by atoms with van der Waals surface area (Å²) in [5.74, 6) is -3.56. The van der Waals surface area contributed by atoms with E-state index >= 15 is 0 Å². The van der Waals surface area contributed by atoms with Crippen LogP contribution in [0.1, 0.15) is 60.6 Å². The van der Waals surface area contributed by atoms with Gasteiger partial charge >= 0.3 is 12.1 Å². The fourth-order valence-electron chi connectivity index (χ4n) is 5.55. The summed E-state index contributed by atoms with van der Waals surface area (Å²) in [5.41, 5.74) is -3.97. The number of aromatic nitrogens is 1. The van der Waals surface area contributed by atoms with Gasteiger partial charge in [-0.2, -0.15) is 0 Å². The smallest absolute Gasteiger partial charge is 0.407 e. The molecule has 2 heterocycles. The Morgan fingerprint density at radius 1 is 1.20 bits per heavy atom. The molecule has 1 aliphatic heterocycles. The lowest BCUT2D eigenvalue weighted by molar-refractivity contribution is -0.188. The van der Waals surface area contributed by atoms with Crippen LogP contribution in [0.5, 0.6) is 0 Å². The zero-order valence-corrected chi connectivity index (χ0v) is 18.7. The van der Waals surface area contributed by atoms with Crippen LogP contribution >= 0.6 is 0 Å². The van der Waals surface area contributed by atoms with Gasteiger partial charge in [0.25, 0.3) is 0 Å². The molecule has 0 spiro atoms. The van der Waals surface area contributed by atoms with Crippen LogP contribution in [0.15, 0.2) is 12.3 Å². The molecule has 1 saturated heterocycles. The lowest BCUT2D eigenvalue weighted by atomic mass is 9.47. The van der Waals surface area contributed by atoms with Crippen LogP contribution in [0.25, 0.3) is 0 Å². The molecule has 168 valence electrons. The topological polar surface area (TPSA) is 90.7 Å². The normalized spacial score (nSPS) is 27.8. The Hall–Kier alpha value is -2.25. The molecular weight excluding hydrogens is 394 g/mol. The summed E-state index contributed by atoms with van der Waals surface area (Å²) in [5, 5.41) is 20.4. The van der Waals surface area contributed by atoms with Crippen molar-refractivity contribution in [2.45, 2.75) is 66.8 Å². The number of halogens is 2. The van der Waals surface area contributed by atoms with Gasteiger partial charge in [0, 0.05) is 24.9 Å². The third kappa shape index (κ3) is 3.76. The van der Waals surface area contributed by atoms with Gasteiger partial charge in [0.15, 0.2) is 0 Å². The van der Waals surface area contributed by atoms with E-state index in [-0.39, 0.29) is 25.1 Å². The van der Waals surface area contributed by atoms with E-state index in [0.717, 1.165) is 6.20 Å². The molecule has 0 bridgehead atoms. The highest BCUT2D eigenvalue weighted by molar-refractivity contribution is 5.77. The molecule has 2 rings (SSSR count). The molecule has 30 heavy (non-hydrogen) atoms. The van der Waals surface area contributed by atoms with Crippen molar-refractivity contribution in [2.24, 2.45) is 22.2 Å². The largest absolute Gasteiger partial charge is 0.481 e. The monoisotopic (exact) mass is 426 g/mol. The first-order chi connectivity index (χ1) is 13.5. The van der Waals surface area contributed by atoms with Crippen molar-refractivity contribution in [3.8, 4) is 0 Å². The lowest BCUT2D eigenvalue weighted by Gasteiger charge is -2.64. The average molecular weight is 427 g/mol. The van der Waals surface area contributed by atoms with Crippen LogP contribution < -0.4 is 0 Å².